The number of hydrogen-bond acceptors (Lipinski definition) is 7. The van der Waals surface area contributed by atoms with Crippen LogP contribution in [0.2, 0.25) is 0 Å². The second-order valence-corrected chi connectivity index (χ2v) is 6.50. The van der Waals surface area contributed by atoms with Crippen molar-refractivity contribution in [3.8, 4) is 16.9 Å². The Bertz CT molecular complexity index is 1060. The molecule has 0 unspecified atom stereocenters. The van der Waals surface area contributed by atoms with Crippen LogP contribution in [-0.2, 0) is 21.0 Å². The number of carbonyl (C=O) groups is 1. The summed E-state index contributed by atoms with van der Waals surface area (Å²) in [5.41, 5.74) is 1.15. The van der Waals surface area contributed by atoms with Gasteiger partial charge in [-0.1, -0.05) is 12.1 Å². The van der Waals surface area contributed by atoms with Crippen molar-refractivity contribution in [1.29, 1.82) is 0 Å². The zero-order valence-electron chi connectivity index (χ0n) is 14.8. The molecule has 0 atom stereocenters. The molecule has 0 saturated heterocycles. The van der Waals surface area contributed by atoms with Crippen LogP contribution in [0.1, 0.15) is 6.92 Å². The van der Waals surface area contributed by atoms with E-state index < -0.39 is 17.2 Å². The molecule has 3 aromatic rings. The van der Waals surface area contributed by atoms with E-state index >= 15 is 0 Å². The molecule has 0 spiro atoms. The number of nitrogens with zero attached hydrogens (tertiary/aromatic N) is 1. The summed E-state index contributed by atoms with van der Waals surface area (Å²) in [4.78, 5) is 38.4. The lowest BCUT2D eigenvalue weighted by molar-refractivity contribution is -0.142. The van der Waals surface area contributed by atoms with E-state index in [1.54, 1.807) is 7.11 Å². The Hall–Kier alpha value is -2.91. The molecule has 0 bridgehead atoms. The van der Waals surface area contributed by atoms with Crippen molar-refractivity contribution in [3.63, 3.8) is 0 Å². The number of benzene rings is 1. The summed E-state index contributed by atoms with van der Waals surface area (Å²) in [7, 11) is 1.59. The van der Waals surface area contributed by atoms with Crippen molar-refractivity contribution in [3.05, 3.63) is 50.5 Å². The third-order valence-corrected chi connectivity index (χ3v) is 4.83. The Morgan fingerprint density at radius 3 is 2.59 bits per heavy atom. The second-order valence-electron chi connectivity index (χ2n) is 5.62. The van der Waals surface area contributed by atoms with E-state index in [2.05, 4.69) is 4.98 Å². The van der Waals surface area contributed by atoms with Crippen LogP contribution in [0.3, 0.4) is 0 Å². The van der Waals surface area contributed by atoms with Gasteiger partial charge in [0.1, 0.15) is 23.8 Å². The van der Waals surface area contributed by atoms with E-state index in [1.807, 2.05) is 29.6 Å². The Morgan fingerprint density at radius 1 is 1.19 bits per heavy atom. The maximum absolute atomic E-state index is 12.6. The molecule has 0 saturated carbocycles. The molecule has 27 heavy (non-hydrogen) atoms. The molecule has 0 amide bonds. The SMILES string of the molecule is COc1ccc(-c2csc3c(=O)n(COCCOC(C)=O)c(=O)[nH]c23)cc1. The van der Waals surface area contributed by atoms with Gasteiger partial charge in [0.05, 0.1) is 19.2 Å². The molecule has 2 aromatic heterocycles. The Balaban J connectivity index is 1.86. The lowest BCUT2D eigenvalue weighted by atomic mass is 10.1. The van der Waals surface area contributed by atoms with Gasteiger partial charge in [0.15, 0.2) is 0 Å². The van der Waals surface area contributed by atoms with Gasteiger partial charge in [-0.3, -0.25) is 9.59 Å². The van der Waals surface area contributed by atoms with Crippen LogP contribution >= 0.6 is 11.3 Å². The van der Waals surface area contributed by atoms with Crippen LogP contribution in [0.5, 0.6) is 5.75 Å². The average molecular weight is 390 g/mol. The number of carbonyl (C=O) groups excluding carboxylic acids is 1. The van der Waals surface area contributed by atoms with E-state index in [9.17, 15) is 14.4 Å². The Morgan fingerprint density at radius 2 is 1.93 bits per heavy atom. The normalized spacial score (nSPS) is 10.9. The number of thiophene rings is 1. The minimum absolute atomic E-state index is 0.0604. The van der Waals surface area contributed by atoms with Crippen molar-refractivity contribution in [2.24, 2.45) is 0 Å². The molecule has 0 fully saturated rings. The highest BCUT2D eigenvalue weighted by molar-refractivity contribution is 7.17. The third-order valence-electron chi connectivity index (χ3n) is 3.86. The van der Waals surface area contributed by atoms with Crippen molar-refractivity contribution in [2.45, 2.75) is 13.7 Å². The number of rotatable bonds is 7. The molecule has 0 radical (unpaired) electrons. The Labute approximate surface area is 157 Å². The monoisotopic (exact) mass is 390 g/mol. The summed E-state index contributed by atoms with van der Waals surface area (Å²) in [6.07, 6.45) is 0. The minimum atomic E-state index is -0.562. The molecule has 2 heterocycles. The molecule has 0 aliphatic carbocycles. The molecule has 9 heteroatoms. The smallest absolute Gasteiger partial charge is 0.330 e. The summed E-state index contributed by atoms with van der Waals surface area (Å²) in [6.45, 7) is 1.22. The highest BCUT2D eigenvalue weighted by atomic mass is 32.1. The quantitative estimate of drug-likeness (QED) is 0.489. The summed E-state index contributed by atoms with van der Waals surface area (Å²) in [5.74, 6) is 0.305. The van der Waals surface area contributed by atoms with Crippen LogP contribution in [-0.4, -0.2) is 35.8 Å². The number of H-pyrrole nitrogens is 1. The predicted octanol–water partition coefficient (Wildman–Crippen LogP) is 1.96. The van der Waals surface area contributed by atoms with Crippen LogP contribution in [0, 0.1) is 0 Å². The second kappa shape index (κ2) is 8.19. The molecular formula is C18H18N2O6S. The average Bonchev–Trinajstić information content (AvgIpc) is 3.07. The van der Waals surface area contributed by atoms with Gasteiger partial charge < -0.3 is 19.2 Å². The van der Waals surface area contributed by atoms with E-state index in [0.29, 0.717) is 10.2 Å². The zero-order valence-corrected chi connectivity index (χ0v) is 15.6. The lowest BCUT2D eigenvalue weighted by Crippen LogP contribution is -2.35. The first-order valence-corrected chi connectivity index (χ1v) is 8.99. The first kappa shape index (κ1) is 18.9. The van der Waals surface area contributed by atoms with Gasteiger partial charge >= 0.3 is 11.7 Å². The van der Waals surface area contributed by atoms with Gasteiger partial charge in [-0.25, -0.2) is 9.36 Å². The standard InChI is InChI=1S/C18H18N2O6S/c1-11(21)26-8-7-25-10-20-17(22)16-15(19-18(20)23)14(9-27-16)12-3-5-13(24-2)6-4-12/h3-6,9H,7-8,10H2,1-2H3,(H,19,23). The van der Waals surface area contributed by atoms with E-state index in [-0.39, 0.29) is 19.9 Å². The first-order valence-electron chi connectivity index (χ1n) is 8.11. The van der Waals surface area contributed by atoms with Crippen LogP contribution in [0.25, 0.3) is 21.3 Å². The van der Waals surface area contributed by atoms with Gasteiger partial charge in [0.2, 0.25) is 0 Å². The summed E-state index contributed by atoms with van der Waals surface area (Å²) in [6, 6.07) is 7.36. The minimum Gasteiger partial charge on any atom is -0.497 e. The van der Waals surface area contributed by atoms with Gasteiger partial charge in [0, 0.05) is 17.9 Å². The van der Waals surface area contributed by atoms with Gasteiger partial charge in [-0.15, -0.1) is 11.3 Å². The topological polar surface area (TPSA) is 99.6 Å². The number of aromatic amines is 1. The molecule has 0 aliphatic rings. The largest absolute Gasteiger partial charge is 0.497 e. The van der Waals surface area contributed by atoms with Gasteiger partial charge in [0.25, 0.3) is 5.56 Å². The number of ether oxygens (including phenoxy) is 3. The van der Waals surface area contributed by atoms with Crippen LogP contribution in [0.4, 0.5) is 0 Å². The maximum Gasteiger partial charge on any atom is 0.330 e. The highest BCUT2D eigenvalue weighted by Gasteiger charge is 2.14. The van der Waals surface area contributed by atoms with Crippen LogP contribution in [0.15, 0.2) is 39.2 Å². The molecule has 142 valence electrons. The van der Waals surface area contributed by atoms with E-state index in [1.165, 1.54) is 18.3 Å². The number of aromatic nitrogens is 2. The summed E-state index contributed by atoms with van der Waals surface area (Å²) >= 11 is 1.26. The highest BCUT2D eigenvalue weighted by Crippen LogP contribution is 2.31. The fourth-order valence-corrected chi connectivity index (χ4v) is 3.51. The molecular weight excluding hydrogens is 372 g/mol. The number of nitrogens with one attached hydrogen (secondary N) is 1. The van der Waals surface area contributed by atoms with Crippen molar-refractivity contribution in [2.75, 3.05) is 20.3 Å². The molecule has 8 nitrogen and oxygen atoms in total. The van der Waals surface area contributed by atoms with Crippen molar-refractivity contribution >= 4 is 27.5 Å². The third kappa shape index (κ3) is 4.09. The summed E-state index contributed by atoms with van der Waals surface area (Å²) in [5, 5.41) is 1.83. The fraction of sp³-hybridized carbons (Fsp3) is 0.278. The van der Waals surface area contributed by atoms with Gasteiger partial charge in [-0.05, 0) is 17.7 Å². The number of fused-ring (bicyclic) bond motifs is 1. The molecule has 1 aromatic carbocycles. The molecule has 3 rings (SSSR count). The Kier molecular flexibility index (Phi) is 5.72. The first-order chi connectivity index (χ1) is 13.0. The maximum atomic E-state index is 12.6. The lowest BCUT2D eigenvalue weighted by Gasteiger charge is -2.07. The predicted molar refractivity (Wildman–Crippen MR) is 101 cm³/mol. The number of methoxy groups -OCH3 is 1. The molecule has 0 aliphatic heterocycles. The number of esters is 1. The van der Waals surface area contributed by atoms with E-state index in [4.69, 9.17) is 14.2 Å². The van der Waals surface area contributed by atoms with Crippen molar-refractivity contribution in [1.82, 2.24) is 9.55 Å². The number of hydrogen-bond donors (Lipinski definition) is 1. The zero-order chi connectivity index (χ0) is 19.4. The van der Waals surface area contributed by atoms with E-state index in [0.717, 1.165) is 21.4 Å². The van der Waals surface area contributed by atoms with Crippen molar-refractivity contribution < 1.29 is 19.0 Å². The van der Waals surface area contributed by atoms with Crippen LogP contribution < -0.4 is 16.0 Å². The summed E-state index contributed by atoms with van der Waals surface area (Å²) < 4.78 is 16.5. The van der Waals surface area contributed by atoms with Gasteiger partial charge in [-0.2, -0.15) is 0 Å². The fourth-order valence-electron chi connectivity index (χ4n) is 2.53. The molecule has 1 N–H and O–H groups in total.